The monoisotopic (exact) mass is 351 g/mol. The number of thiophene rings is 1. The van der Waals surface area contributed by atoms with Gasteiger partial charge in [0.15, 0.2) is 0 Å². The fourth-order valence-electron chi connectivity index (χ4n) is 3.98. The van der Waals surface area contributed by atoms with Crippen LogP contribution in [0.5, 0.6) is 0 Å². The maximum Gasteiger partial charge on any atom is 0.0488 e. The largest absolute Gasteiger partial charge is 0.312 e. The fourth-order valence-corrected chi connectivity index (χ4v) is 5.63. The Balaban J connectivity index is 2.10. The lowest BCUT2D eigenvalue weighted by molar-refractivity contribution is 0.196. The molecule has 0 aliphatic heterocycles. The van der Waals surface area contributed by atoms with E-state index in [0.29, 0.717) is 11.5 Å². The van der Waals surface area contributed by atoms with Crippen molar-refractivity contribution in [1.82, 2.24) is 5.32 Å². The summed E-state index contributed by atoms with van der Waals surface area (Å²) in [4.78, 5) is 0. The van der Waals surface area contributed by atoms with E-state index in [0.717, 1.165) is 0 Å². The van der Waals surface area contributed by atoms with Crippen LogP contribution in [0.25, 0.3) is 10.1 Å². The first-order valence-electron chi connectivity index (χ1n) is 7.55. The smallest absolute Gasteiger partial charge is 0.0488 e. The second-order valence-corrected chi connectivity index (χ2v) is 7.69. The quantitative estimate of drug-likeness (QED) is 0.723. The molecule has 2 aromatic rings. The molecule has 1 saturated carbocycles. The molecule has 0 amide bonds. The molecule has 0 spiro atoms. The molecule has 1 unspecified atom stereocenters. The highest BCUT2D eigenvalue weighted by atomic mass is 79.9. The zero-order valence-corrected chi connectivity index (χ0v) is 14.6. The zero-order chi connectivity index (χ0) is 14.2. The normalized spacial score (nSPS) is 19.6. The van der Waals surface area contributed by atoms with Gasteiger partial charge in [0.05, 0.1) is 0 Å². The number of hydrogen-bond acceptors (Lipinski definition) is 2. The molecule has 1 aliphatic carbocycles. The van der Waals surface area contributed by atoms with Crippen molar-refractivity contribution in [2.75, 3.05) is 7.05 Å². The van der Waals surface area contributed by atoms with Crippen LogP contribution in [0.4, 0.5) is 0 Å². The van der Waals surface area contributed by atoms with Crippen LogP contribution in [0.1, 0.15) is 50.6 Å². The second-order valence-electron chi connectivity index (χ2n) is 5.95. The van der Waals surface area contributed by atoms with E-state index in [4.69, 9.17) is 0 Å². The lowest BCUT2D eigenvalue weighted by Crippen LogP contribution is -2.34. The van der Waals surface area contributed by atoms with E-state index >= 15 is 0 Å². The number of halogens is 1. The van der Waals surface area contributed by atoms with Crippen LogP contribution >= 0.6 is 27.3 Å². The highest BCUT2D eigenvalue weighted by Gasteiger charge is 2.40. The third-order valence-corrected chi connectivity index (χ3v) is 7.07. The molecule has 1 aliphatic rings. The lowest BCUT2D eigenvalue weighted by atomic mass is 9.73. The summed E-state index contributed by atoms with van der Waals surface area (Å²) in [6.07, 6.45) is 6.76. The molecule has 0 radical (unpaired) electrons. The Labute approximate surface area is 133 Å². The molecule has 3 heteroatoms. The average Bonchev–Trinajstić information content (AvgIpc) is 3.09. The van der Waals surface area contributed by atoms with Crippen LogP contribution in [0, 0.1) is 5.41 Å². The number of hydrogen-bond donors (Lipinski definition) is 1. The van der Waals surface area contributed by atoms with E-state index in [1.807, 2.05) is 11.3 Å². The van der Waals surface area contributed by atoms with Gasteiger partial charge < -0.3 is 5.32 Å². The second kappa shape index (κ2) is 5.78. The molecular weight excluding hydrogens is 330 g/mol. The van der Waals surface area contributed by atoms with Gasteiger partial charge in [0.1, 0.15) is 0 Å². The van der Waals surface area contributed by atoms with Crippen molar-refractivity contribution in [3.05, 3.63) is 33.6 Å². The third kappa shape index (κ3) is 2.24. The van der Waals surface area contributed by atoms with E-state index in [-0.39, 0.29) is 0 Å². The van der Waals surface area contributed by atoms with Crippen molar-refractivity contribution in [2.45, 2.75) is 45.1 Å². The molecule has 20 heavy (non-hydrogen) atoms. The summed E-state index contributed by atoms with van der Waals surface area (Å²) in [5, 5.41) is 7.43. The zero-order valence-electron chi connectivity index (χ0n) is 12.2. The van der Waals surface area contributed by atoms with E-state index < -0.39 is 0 Å². The molecular formula is C17H22BrNS. The lowest BCUT2D eigenvalue weighted by Gasteiger charge is -2.37. The van der Waals surface area contributed by atoms with E-state index in [9.17, 15) is 0 Å². The van der Waals surface area contributed by atoms with Gasteiger partial charge >= 0.3 is 0 Å². The Kier molecular flexibility index (Phi) is 4.21. The fraction of sp³-hybridized carbons (Fsp3) is 0.529. The highest BCUT2D eigenvalue weighted by Crippen LogP contribution is 2.52. The maximum absolute atomic E-state index is 3.69. The third-order valence-electron chi connectivity index (χ3n) is 5.10. The SMILES string of the molecule is CCC1(C(NC)c2csc3c(Br)cccc23)CCCC1. The Morgan fingerprint density at radius 2 is 2.10 bits per heavy atom. The summed E-state index contributed by atoms with van der Waals surface area (Å²) >= 11 is 5.55. The van der Waals surface area contributed by atoms with Gasteiger partial charge in [-0.2, -0.15) is 0 Å². The van der Waals surface area contributed by atoms with Crippen molar-refractivity contribution in [3.8, 4) is 0 Å². The first kappa shape index (κ1) is 14.6. The highest BCUT2D eigenvalue weighted by molar-refractivity contribution is 9.10. The molecule has 3 rings (SSSR count). The Bertz CT molecular complexity index is 598. The molecule has 108 valence electrons. The minimum atomic E-state index is 0.449. The first-order valence-corrected chi connectivity index (χ1v) is 9.22. The molecule has 0 saturated heterocycles. The predicted molar refractivity (Wildman–Crippen MR) is 92.5 cm³/mol. The number of nitrogens with one attached hydrogen (secondary N) is 1. The molecule has 1 atom stereocenters. The van der Waals surface area contributed by atoms with Crippen LogP contribution in [0.3, 0.4) is 0 Å². The van der Waals surface area contributed by atoms with Crippen LogP contribution < -0.4 is 5.32 Å². The minimum Gasteiger partial charge on any atom is -0.312 e. The van der Waals surface area contributed by atoms with E-state index in [2.05, 4.69) is 58.8 Å². The Hall–Kier alpha value is -0.380. The number of rotatable bonds is 4. The van der Waals surface area contributed by atoms with Gasteiger partial charge in [0.2, 0.25) is 0 Å². The van der Waals surface area contributed by atoms with E-state index in [1.54, 1.807) is 0 Å². The van der Waals surface area contributed by atoms with Crippen LogP contribution in [0.15, 0.2) is 28.1 Å². The summed E-state index contributed by atoms with van der Waals surface area (Å²) in [5.74, 6) is 0. The predicted octanol–water partition coefficient (Wildman–Crippen LogP) is 5.89. The van der Waals surface area contributed by atoms with Gasteiger partial charge in [-0.1, -0.05) is 31.9 Å². The first-order chi connectivity index (χ1) is 9.72. The summed E-state index contributed by atoms with van der Waals surface area (Å²) < 4.78 is 2.60. The van der Waals surface area contributed by atoms with Crippen molar-refractivity contribution in [2.24, 2.45) is 5.41 Å². The van der Waals surface area contributed by atoms with Gasteiger partial charge in [0.25, 0.3) is 0 Å². The van der Waals surface area contributed by atoms with Crippen molar-refractivity contribution in [3.63, 3.8) is 0 Å². The Morgan fingerprint density at radius 3 is 2.75 bits per heavy atom. The van der Waals surface area contributed by atoms with Crippen molar-refractivity contribution >= 4 is 37.4 Å². The number of benzene rings is 1. The molecule has 1 N–H and O–H groups in total. The topological polar surface area (TPSA) is 12.0 Å². The van der Waals surface area contributed by atoms with Gasteiger partial charge in [-0.05, 0) is 70.1 Å². The van der Waals surface area contributed by atoms with Crippen LogP contribution in [-0.2, 0) is 0 Å². The molecule has 1 heterocycles. The summed E-state index contributed by atoms with van der Waals surface area (Å²) in [6, 6.07) is 7.05. The molecule has 1 nitrogen and oxygen atoms in total. The summed E-state index contributed by atoms with van der Waals surface area (Å²) in [7, 11) is 2.13. The van der Waals surface area contributed by atoms with Gasteiger partial charge in [-0.25, -0.2) is 0 Å². The molecule has 1 aromatic heterocycles. The average molecular weight is 352 g/mol. The van der Waals surface area contributed by atoms with Gasteiger partial charge in [-0.15, -0.1) is 11.3 Å². The van der Waals surface area contributed by atoms with Crippen LogP contribution in [-0.4, -0.2) is 7.05 Å². The molecule has 0 bridgehead atoms. The summed E-state index contributed by atoms with van der Waals surface area (Å²) in [5.41, 5.74) is 1.95. The minimum absolute atomic E-state index is 0.449. The van der Waals surface area contributed by atoms with Crippen molar-refractivity contribution < 1.29 is 0 Å². The van der Waals surface area contributed by atoms with Crippen molar-refractivity contribution in [1.29, 1.82) is 0 Å². The maximum atomic E-state index is 3.69. The standard InChI is InChI=1S/C17H22BrNS/c1-3-17(9-4-5-10-17)16(19-2)13-11-20-15-12(13)7-6-8-14(15)18/h6-8,11,16,19H,3-5,9-10H2,1-2H3. The van der Waals surface area contributed by atoms with Gasteiger partial charge in [-0.3, -0.25) is 0 Å². The summed E-state index contributed by atoms with van der Waals surface area (Å²) in [6.45, 7) is 2.36. The Morgan fingerprint density at radius 1 is 1.35 bits per heavy atom. The van der Waals surface area contributed by atoms with E-state index in [1.165, 1.54) is 52.2 Å². The molecule has 1 fully saturated rings. The molecule has 1 aromatic carbocycles. The number of fused-ring (bicyclic) bond motifs is 1. The van der Waals surface area contributed by atoms with Crippen LogP contribution in [0.2, 0.25) is 0 Å². The van der Waals surface area contributed by atoms with Gasteiger partial charge in [0, 0.05) is 15.2 Å².